The molecule has 0 aliphatic carbocycles. The number of nitrogens with zero attached hydrogens (tertiary/aromatic N) is 1. The van der Waals surface area contributed by atoms with E-state index in [0.29, 0.717) is 18.5 Å². The highest BCUT2D eigenvalue weighted by molar-refractivity contribution is 7.71. The van der Waals surface area contributed by atoms with Crippen molar-refractivity contribution in [1.29, 1.82) is 0 Å². The van der Waals surface area contributed by atoms with E-state index in [0.717, 1.165) is 4.83 Å². The van der Waals surface area contributed by atoms with Gasteiger partial charge in [0.1, 0.15) is 10.9 Å². The SMILES string of the molecule is COCCNC(=O)C(C)n1c(=S)[nH]c2sccc2c1=O. The van der Waals surface area contributed by atoms with Gasteiger partial charge in [0, 0.05) is 13.7 Å². The van der Waals surface area contributed by atoms with Gasteiger partial charge in [-0.15, -0.1) is 11.3 Å². The van der Waals surface area contributed by atoms with Gasteiger partial charge in [0.2, 0.25) is 5.91 Å². The molecule has 2 rings (SSSR count). The van der Waals surface area contributed by atoms with Crippen molar-refractivity contribution in [2.75, 3.05) is 20.3 Å². The summed E-state index contributed by atoms with van der Waals surface area (Å²) in [6.07, 6.45) is 0. The molecule has 0 aliphatic heterocycles. The quantitative estimate of drug-likeness (QED) is 0.647. The molecule has 1 unspecified atom stereocenters. The summed E-state index contributed by atoms with van der Waals surface area (Å²) >= 11 is 6.58. The van der Waals surface area contributed by atoms with E-state index in [1.807, 2.05) is 5.38 Å². The van der Waals surface area contributed by atoms with Crippen molar-refractivity contribution in [3.8, 4) is 0 Å². The van der Waals surface area contributed by atoms with E-state index in [-0.39, 0.29) is 16.2 Å². The molecule has 2 aromatic heterocycles. The van der Waals surface area contributed by atoms with Gasteiger partial charge in [-0.2, -0.15) is 0 Å². The molecule has 0 saturated carbocycles. The Bertz CT molecular complexity index is 731. The molecule has 1 amide bonds. The van der Waals surface area contributed by atoms with Crippen LogP contribution in [-0.2, 0) is 9.53 Å². The van der Waals surface area contributed by atoms with Gasteiger partial charge in [-0.25, -0.2) is 0 Å². The second-order valence-corrected chi connectivity index (χ2v) is 5.53. The van der Waals surface area contributed by atoms with Crippen molar-refractivity contribution in [2.45, 2.75) is 13.0 Å². The summed E-state index contributed by atoms with van der Waals surface area (Å²) in [5.74, 6) is -0.266. The zero-order valence-electron chi connectivity index (χ0n) is 11.1. The number of H-pyrrole nitrogens is 1. The minimum atomic E-state index is -0.674. The third kappa shape index (κ3) is 2.82. The number of rotatable bonds is 5. The Kier molecular flexibility index (Phi) is 4.69. The van der Waals surface area contributed by atoms with Crippen molar-refractivity contribution < 1.29 is 9.53 Å². The summed E-state index contributed by atoms with van der Waals surface area (Å²) in [6.45, 7) is 2.46. The Labute approximate surface area is 124 Å². The van der Waals surface area contributed by atoms with Crippen molar-refractivity contribution in [1.82, 2.24) is 14.9 Å². The van der Waals surface area contributed by atoms with Crippen LogP contribution in [0.3, 0.4) is 0 Å². The van der Waals surface area contributed by atoms with Crippen LogP contribution < -0.4 is 10.9 Å². The summed E-state index contributed by atoms with van der Waals surface area (Å²) in [6, 6.07) is 1.05. The van der Waals surface area contributed by atoms with Gasteiger partial charge in [-0.05, 0) is 30.6 Å². The zero-order chi connectivity index (χ0) is 14.7. The first kappa shape index (κ1) is 14.9. The van der Waals surface area contributed by atoms with Gasteiger partial charge < -0.3 is 15.0 Å². The molecule has 2 N–H and O–H groups in total. The summed E-state index contributed by atoms with van der Waals surface area (Å²) in [5, 5.41) is 5.05. The summed E-state index contributed by atoms with van der Waals surface area (Å²) in [7, 11) is 1.56. The molecule has 108 valence electrons. The fraction of sp³-hybridized carbons (Fsp3) is 0.417. The fourth-order valence-corrected chi connectivity index (χ4v) is 3.03. The number of hydrogen-bond donors (Lipinski definition) is 2. The molecule has 0 fully saturated rings. The molecule has 0 aliphatic rings. The maximum atomic E-state index is 12.4. The lowest BCUT2D eigenvalue weighted by molar-refractivity contribution is -0.124. The molecule has 0 radical (unpaired) electrons. The van der Waals surface area contributed by atoms with E-state index >= 15 is 0 Å². The van der Waals surface area contributed by atoms with Crippen LogP contribution in [0.15, 0.2) is 16.2 Å². The normalized spacial score (nSPS) is 12.5. The lowest BCUT2D eigenvalue weighted by Crippen LogP contribution is -2.37. The second-order valence-electron chi connectivity index (χ2n) is 4.23. The largest absolute Gasteiger partial charge is 0.383 e. The Hall–Kier alpha value is -1.51. The first-order valence-electron chi connectivity index (χ1n) is 6.05. The highest BCUT2D eigenvalue weighted by Gasteiger charge is 2.18. The van der Waals surface area contributed by atoms with Crippen LogP contribution in [0.1, 0.15) is 13.0 Å². The number of aromatic amines is 1. The molecule has 2 heterocycles. The first-order valence-corrected chi connectivity index (χ1v) is 7.33. The van der Waals surface area contributed by atoms with Crippen molar-refractivity contribution >= 4 is 39.7 Å². The number of fused-ring (bicyclic) bond motifs is 1. The third-order valence-corrected chi connectivity index (χ3v) is 4.05. The zero-order valence-corrected chi connectivity index (χ0v) is 12.8. The van der Waals surface area contributed by atoms with E-state index in [4.69, 9.17) is 17.0 Å². The van der Waals surface area contributed by atoms with Crippen LogP contribution in [0.5, 0.6) is 0 Å². The van der Waals surface area contributed by atoms with Gasteiger partial charge in [0.15, 0.2) is 4.77 Å². The van der Waals surface area contributed by atoms with E-state index in [1.54, 1.807) is 20.1 Å². The molecule has 6 nitrogen and oxygen atoms in total. The lowest BCUT2D eigenvalue weighted by Gasteiger charge is -2.15. The average Bonchev–Trinajstić information content (AvgIpc) is 2.87. The number of aromatic nitrogens is 2. The van der Waals surface area contributed by atoms with E-state index in [2.05, 4.69) is 10.3 Å². The maximum absolute atomic E-state index is 12.4. The van der Waals surface area contributed by atoms with Gasteiger partial charge in [-0.1, -0.05) is 0 Å². The Balaban J connectivity index is 2.34. The predicted molar refractivity (Wildman–Crippen MR) is 80.9 cm³/mol. The molecule has 8 heteroatoms. The number of ether oxygens (including phenoxy) is 1. The summed E-state index contributed by atoms with van der Waals surface area (Å²) < 4.78 is 6.41. The molecular weight excluding hydrogens is 298 g/mol. The van der Waals surface area contributed by atoms with Crippen LogP contribution in [-0.4, -0.2) is 35.7 Å². The Morgan fingerprint density at radius 1 is 1.65 bits per heavy atom. The molecule has 1 atom stereocenters. The van der Waals surface area contributed by atoms with E-state index < -0.39 is 6.04 Å². The molecular formula is C12H15N3O3S2. The number of hydrogen-bond acceptors (Lipinski definition) is 5. The number of carbonyl (C=O) groups is 1. The number of carbonyl (C=O) groups excluding carboxylic acids is 1. The van der Waals surface area contributed by atoms with Crippen molar-refractivity contribution in [2.24, 2.45) is 0 Å². The summed E-state index contributed by atoms with van der Waals surface area (Å²) in [5.41, 5.74) is -0.251. The smallest absolute Gasteiger partial charge is 0.263 e. The van der Waals surface area contributed by atoms with Crippen LogP contribution in [0, 0.1) is 4.77 Å². The van der Waals surface area contributed by atoms with E-state index in [1.165, 1.54) is 15.9 Å². The summed E-state index contributed by atoms with van der Waals surface area (Å²) in [4.78, 5) is 28.1. The predicted octanol–water partition coefficient (Wildman–Crippen LogP) is 1.44. The second kappa shape index (κ2) is 6.29. The maximum Gasteiger partial charge on any atom is 0.263 e. The number of nitrogens with one attached hydrogen (secondary N) is 2. The van der Waals surface area contributed by atoms with Gasteiger partial charge in [0.05, 0.1) is 12.0 Å². The number of amides is 1. The Morgan fingerprint density at radius 3 is 3.10 bits per heavy atom. The topological polar surface area (TPSA) is 76.1 Å². The van der Waals surface area contributed by atoms with Crippen molar-refractivity contribution in [3.63, 3.8) is 0 Å². The standard InChI is InChI=1S/C12H15N3O3S2/c1-7(9(16)13-4-5-18-2)15-11(17)8-3-6-20-10(8)14-12(15)19/h3,6-7H,4-5H2,1-2H3,(H,13,16)(H,14,19). The van der Waals surface area contributed by atoms with Crippen LogP contribution in [0.2, 0.25) is 0 Å². The minimum absolute atomic E-state index is 0.249. The minimum Gasteiger partial charge on any atom is -0.383 e. The molecule has 0 saturated heterocycles. The van der Waals surface area contributed by atoms with Gasteiger partial charge >= 0.3 is 0 Å². The number of methoxy groups -OCH3 is 1. The van der Waals surface area contributed by atoms with Crippen LogP contribution in [0.4, 0.5) is 0 Å². The molecule has 0 bridgehead atoms. The van der Waals surface area contributed by atoms with Crippen LogP contribution in [0.25, 0.3) is 10.2 Å². The number of thiophene rings is 1. The molecule has 20 heavy (non-hydrogen) atoms. The van der Waals surface area contributed by atoms with E-state index in [9.17, 15) is 9.59 Å². The van der Waals surface area contributed by atoms with Crippen LogP contribution >= 0.6 is 23.6 Å². The first-order chi connectivity index (χ1) is 9.56. The fourth-order valence-electron chi connectivity index (χ4n) is 1.85. The van der Waals surface area contributed by atoms with Gasteiger partial charge in [0.25, 0.3) is 5.56 Å². The Morgan fingerprint density at radius 2 is 2.40 bits per heavy atom. The van der Waals surface area contributed by atoms with Gasteiger partial charge in [-0.3, -0.25) is 14.2 Å². The lowest BCUT2D eigenvalue weighted by atomic mass is 10.3. The molecule has 0 spiro atoms. The average molecular weight is 313 g/mol. The highest BCUT2D eigenvalue weighted by Crippen LogP contribution is 2.15. The third-order valence-electron chi connectivity index (χ3n) is 2.93. The highest BCUT2D eigenvalue weighted by atomic mass is 32.1. The molecule has 2 aromatic rings. The monoisotopic (exact) mass is 313 g/mol. The van der Waals surface area contributed by atoms with Crippen molar-refractivity contribution in [3.05, 3.63) is 26.6 Å². The molecule has 0 aromatic carbocycles.